The Labute approximate surface area is 136 Å². The Morgan fingerprint density at radius 3 is 2.67 bits per heavy atom. The van der Waals surface area contributed by atoms with Gasteiger partial charge in [-0.2, -0.15) is 13.2 Å². The molecule has 2 N–H and O–H groups in total. The van der Waals surface area contributed by atoms with Crippen LogP contribution in [0.3, 0.4) is 0 Å². The number of fused-ring (bicyclic) bond motifs is 1. The SMILES string of the molecule is O=C(NCC(F)(F)F)c1ncn2c1CCC(C(=O)NC1CCC1)C2. The molecule has 1 atom stereocenters. The van der Waals surface area contributed by atoms with Crippen molar-refractivity contribution in [3.05, 3.63) is 17.7 Å². The van der Waals surface area contributed by atoms with E-state index < -0.39 is 18.6 Å². The number of imidazole rings is 1. The van der Waals surface area contributed by atoms with Crippen LogP contribution in [-0.2, 0) is 17.8 Å². The lowest BCUT2D eigenvalue weighted by Gasteiger charge is -2.30. The van der Waals surface area contributed by atoms with Crippen LogP contribution in [0.2, 0.25) is 0 Å². The molecule has 6 nitrogen and oxygen atoms in total. The Kier molecular flexibility index (Phi) is 4.51. The Morgan fingerprint density at radius 2 is 2.04 bits per heavy atom. The minimum absolute atomic E-state index is 0.00197. The number of amides is 2. The molecule has 0 radical (unpaired) electrons. The van der Waals surface area contributed by atoms with Crippen LogP contribution in [0.25, 0.3) is 0 Å². The number of aromatic nitrogens is 2. The van der Waals surface area contributed by atoms with Gasteiger partial charge < -0.3 is 15.2 Å². The normalized spacial score (nSPS) is 20.9. The molecule has 2 heterocycles. The van der Waals surface area contributed by atoms with Crippen molar-refractivity contribution in [2.24, 2.45) is 5.92 Å². The molecule has 2 amide bonds. The Bertz CT molecular complexity index is 637. The van der Waals surface area contributed by atoms with E-state index in [0.29, 0.717) is 25.1 Å². The summed E-state index contributed by atoms with van der Waals surface area (Å²) in [5.74, 6) is -1.03. The standard InChI is InChI=1S/C15H19F3N4O2/c16-15(17,18)7-19-14(24)12-11-5-4-9(6-22(11)8-20-12)13(23)21-10-2-1-3-10/h8-10H,1-7H2,(H,19,24)(H,21,23). The predicted octanol–water partition coefficient (Wildman–Crippen LogP) is 1.41. The molecule has 1 unspecified atom stereocenters. The predicted molar refractivity (Wildman–Crippen MR) is 78.2 cm³/mol. The van der Waals surface area contributed by atoms with Crippen LogP contribution >= 0.6 is 0 Å². The lowest BCUT2D eigenvalue weighted by atomic mass is 9.91. The van der Waals surface area contributed by atoms with Crippen molar-refractivity contribution in [3.63, 3.8) is 0 Å². The second-order valence-corrected chi connectivity index (χ2v) is 6.36. The minimum Gasteiger partial charge on any atom is -0.353 e. The fraction of sp³-hybridized carbons (Fsp3) is 0.667. The van der Waals surface area contributed by atoms with E-state index in [9.17, 15) is 22.8 Å². The molecule has 2 aliphatic rings. The first-order valence-electron chi connectivity index (χ1n) is 8.03. The highest BCUT2D eigenvalue weighted by molar-refractivity contribution is 5.93. The molecule has 9 heteroatoms. The third-order valence-electron chi connectivity index (χ3n) is 4.58. The maximum Gasteiger partial charge on any atom is 0.405 e. The van der Waals surface area contributed by atoms with Gasteiger partial charge in [-0.3, -0.25) is 9.59 Å². The summed E-state index contributed by atoms with van der Waals surface area (Å²) in [5.41, 5.74) is 0.597. The van der Waals surface area contributed by atoms with E-state index in [1.54, 1.807) is 4.57 Å². The van der Waals surface area contributed by atoms with Crippen LogP contribution < -0.4 is 10.6 Å². The van der Waals surface area contributed by atoms with E-state index in [1.165, 1.54) is 6.33 Å². The second kappa shape index (κ2) is 6.45. The Balaban J connectivity index is 1.61. The molecule has 1 aromatic rings. The smallest absolute Gasteiger partial charge is 0.353 e. The number of nitrogens with one attached hydrogen (secondary N) is 2. The summed E-state index contributed by atoms with van der Waals surface area (Å²) in [7, 11) is 0. The van der Waals surface area contributed by atoms with Crippen LogP contribution in [0.1, 0.15) is 41.9 Å². The van der Waals surface area contributed by atoms with Crippen molar-refractivity contribution in [1.82, 2.24) is 20.2 Å². The topological polar surface area (TPSA) is 76.0 Å². The highest BCUT2D eigenvalue weighted by Gasteiger charge is 2.32. The van der Waals surface area contributed by atoms with Crippen LogP contribution in [-0.4, -0.2) is 40.1 Å². The molecule has 1 aliphatic carbocycles. The van der Waals surface area contributed by atoms with Gasteiger partial charge in [0.1, 0.15) is 12.2 Å². The molecule has 0 aromatic carbocycles. The minimum atomic E-state index is -4.46. The van der Waals surface area contributed by atoms with E-state index in [0.717, 1.165) is 19.3 Å². The number of carbonyl (C=O) groups excluding carboxylic acids is 2. The zero-order chi connectivity index (χ0) is 17.3. The number of hydrogen-bond acceptors (Lipinski definition) is 3. The quantitative estimate of drug-likeness (QED) is 0.867. The first-order valence-corrected chi connectivity index (χ1v) is 8.03. The number of rotatable bonds is 4. The summed E-state index contributed by atoms with van der Waals surface area (Å²) < 4.78 is 38.3. The van der Waals surface area contributed by atoms with Crippen LogP contribution in [0.5, 0.6) is 0 Å². The highest BCUT2D eigenvalue weighted by atomic mass is 19.4. The lowest BCUT2D eigenvalue weighted by Crippen LogP contribution is -2.44. The average Bonchev–Trinajstić information content (AvgIpc) is 2.90. The van der Waals surface area contributed by atoms with Crippen LogP contribution in [0.4, 0.5) is 13.2 Å². The Hall–Kier alpha value is -2.06. The lowest BCUT2D eigenvalue weighted by molar-refractivity contribution is -0.127. The van der Waals surface area contributed by atoms with Gasteiger partial charge in [0, 0.05) is 12.6 Å². The maximum absolute atomic E-state index is 12.2. The van der Waals surface area contributed by atoms with Gasteiger partial charge in [0.25, 0.3) is 5.91 Å². The van der Waals surface area contributed by atoms with E-state index in [-0.39, 0.29) is 23.6 Å². The van der Waals surface area contributed by atoms with Crippen LogP contribution in [0.15, 0.2) is 6.33 Å². The van der Waals surface area contributed by atoms with Gasteiger partial charge in [-0.1, -0.05) is 0 Å². The van der Waals surface area contributed by atoms with Crippen molar-refractivity contribution in [3.8, 4) is 0 Å². The molecule has 3 rings (SSSR count). The van der Waals surface area contributed by atoms with Gasteiger partial charge in [-0.05, 0) is 32.1 Å². The molecule has 1 fully saturated rings. The van der Waals surface area contributed by atoms with E-state index in [4.69, 9.17) is 0 Å². The molecule has 1 aromatic heterocycles. The summed E-state index contributed by atoms with van der Waals surface area (Å²) >= 11 is 0. The fourth-order valence-corrected chi connectivity index (χ4v) is 3.01. The van der Waals surface area contributed by atoms with Gasteiger partial charge in [0.2, 0.25) is 5.91 Å². The first-order chi connectivity index (χ1) is 11.3. The zero-order valence-corrected chi connectivity index (χ0v) is 13.0. The second-order valence-electron chi connectivity index (χ2n) is 6.36. The van der Waals surface area contributed by atoms with Gasteiger partial charge in [-0.25, -0.2) is 4.98 Å². The van der Waals surface area contributed by atoms with Crippen molar-refractivity contribution in [2.75, 3.05) is 6.54 Å². The van der Waals surface area contributed by atoms with Crippen molar-refractivity contribution in [2.45, 2.75) is 50.9 Å². The number of carbonyl (C=O) groups is 2. The fourth-order valence-electron chi connectivity index (χ4n) is 3.01. The molecule has 1 aliphatic heterocycles. The number of halogens is 3. The summed E-state index contributed by atoms with van der Waals surface area (Å²) in [6.45, 7) is -0.988. The van der Waals surface area contributed by atoms with E-state index >= 15 is 0 Å². The molecule has 1 saturated carbocycles. The maximum atomic E-state index is 12.2. The molecular weight excluding hydrogens is 325 g/mol. The third kappa shape index (κ3) is 3.70. The highest BCUT2D eigenvalue weighted by Crippen LogP contribution is 2.25. The van der Waals surface area contributed by atoms with E-state index in [1.807, 2.05) is 5.32 Å². The number of alkyl halides is 3. The van der Waals surface area contributed by atoms with Crippen molar-refractivity contribution < 1.29 is 22.8 Å². The zero-order valence-electron chi connectivity index (χ0n) is 13.0. The molecule has 132 valence electrons. The summed E-state index contributed by atoms with van der Waals surface area (Å²) in [5, 5.41) is 4.84. The monoisotopic (exact) mass is 344 g/mol. The number of nitrogens with zero attached hydrogens (tertiary/aromatic N) is 2. The van der Waals surface area contributed by atoms with Crippen molar-refractivity contribution in [1.29, 1.82) is 0 Å². The van der Waals surface area contributed by atoms with Gasteiger partial charge in [0.05, 0.1) is 17.9 Å². The molecule has 0 bridgehead atoms. The summed E-state index contributed by atoms with van der Waals surface area (Å²) in [4.78, 5) is 28.0. The number of hydrogen-bond donors (Lipinski definition) is 2. The van der Waals surface area contributed by atoms with Gasteiger partial charge >= 0.3 is 6.18 Å². The molecule has 0 spiro atoms. The molecular formula is C15H19F3N4O2. The van der Waals surface area contributed by atoms with E-state index in [2.05, 4.69) is 10.3 Å². The summed E-state index contributed by atoms with van der Waals surface area (Å²) in [6, 6.07) is 0.269. The van der Waals surface area contributed by atoms with Crippen molar-refractivity contribution >= 4 is 11.8 Å². The molecule has 24 heavy (non-hydrogen) atoms. The van der Waals surface area contributed by atoms with Gasteiger partial charge in [-0.15, -0.1) is 0 Å². The first kappa shape index (κ1) is 16.8. The summed E-state index contributed by atoms with van der Waals surface area (Å²) in [6.07, 6.45) is 1.12. The Morgan fingerprint density at radius 1 is 1.29 bits per heavy atom. The van der Waals surface area contributed by atoms with Crippen LogP contribution in [0, 0.1) is 5.92 Å². The largest absolute Gasteiger partial charge is 0.405 e. The molecule has 0 saturated heterocycles. The third-order valence-corrected chi connectivity index (χ3v) is 4.58. The van der Waals surface area contributed by atoms with Gasteiger partial charge in [0.15, 0.2) is 0 Å². The average molecular weight is 344 g/mol.